The molecule has 0 bridgehead atoms. The highest BCUT2D eigenvalue weighted by molar-refractivity contribution is 7.14. The lowest BCUT2D eigenvalue weighted by Gasteiger charge is -2.03. The van der Waals surface area contributed by atoms with E-state index in [-0.39, 0.29) is 18.4 Å². The Morgan fingerprint density at radius 1 is 1.15 bits per heavy atom. The van der Waals surface area contributed by atoms with E-state index in [0.29, 0.717) is 27.9 Å². The number of rotatable bonds is 4. The molecule has 0 fully saturated rings. The van der Waals surface area contributed by atoms with E-state index in [2.05, 4.69) is 10.3 Å². The van der Waals surface area contributed by atoms with Crippen LogP contribution in [-0.4, -0.2) is 22.6 Å². The van der Waals surface area contributed by atoms with E-state index in [1.54, 1.807) is 35.7 Å². The molecule has 0 spiro atoms. The molecular weight excluding hydrogens is 358 g/mol. The van der Waals surface area contributed by atoms with E-state index >= 15 is 0 Å². The summed E-state index contributed by atoms with van der Waals surface area (Å²) in [6, 6.07) is 11.0. The van der Waals surface area contributed by atoms with Crippen molar-refractivity contribution in [2.75, 3.05) is 12.1 Å². The van der Waals surface area contributed by atoms with Crippen LogP contribution < -0.4 is 14.8 Å². The number of nitro groups is 1. The third kappa shape index (κ3) is 3.07. The highest BCUT2D eigenvalue weighted by atomic mass is 32.1. The van der Waals surface area contributed by atoms with Gasteiger partial charge in [-0.15, -0.1) is 11.3 Å². The number of carbonyl (C=O) groups excluding carboxylic acids is 1. The average molecular weight is 369 g/mol. The Bertz CT molecular complexity index is 1000. The summed E-state index contributed by atoms with van der Waals surface area (Å²) in [4.78, 5) is 27.0. The lowest BCUT2D eigenvalue weighted by Crippen LogP contribution is -2.11. The summed E-state index contributed by atoms with van der Waals surface area (Å²) in [5, 5.41) is 15.6. The first-order chi connectivity index (χ1) is 12.6. The van der Waals surface area contributed by atoms with Gasteiger partial charge in [0.25, 0.3) is 11.6 Å². The van der Waals surface area contributed by atoms with Gasteiger partial charge in [0.2, 0.25) is 6.79 Å². The van der Waals surface area contributed by atoms with E-state index in [9.17, 15) is 14.9 Å². The first-order valence-electron chi connectivity index (χ1n) is 7.51. The topological polar surface area (TPSA) is 104 Å². The second-order valence-electron chi connectivity index (χ2n) is 5.36. The van der Waals surface area contributed by atoms with Gasteiger partial charge in [-0.2, -0.15) is 0 Å². The fourth-order valence-electron chi connectivity index (χ4n) is 2.42. The van der Waals surface area contributed by atoms with Crippen LogP contribution in [0.1, 0.15) is 10.4 Å². The number of nitro benzene ring substituents is 1. The van der Waals surface area contributed by atoms with Gasteiger partial charge in [-0.1, -0.05) is 0 Å². The number of anilines is 1. The van der Waals surface area contributed by atoms with Crippen molar-refractivity contribution < 1.29 is 19.2 Å². The molecule has 1 N–H and O–H groups in total. The number of hydrogen-bond acceptors (Lipinski definition) is 7. The lowest BCUT2D eigenvalue weighted by molar-refractivity contribution is -0.384. The number of hydrogen-bond donors (Lipinski definition) is 1. The van der Waals surface area contributed by atoms with E-state index in [1.165, 1.54) is 23.5 Å². The van der Waals surface area contributed by atoms with Gasteiger partial charge in [0.15, 0.2) is 16.6 Å². The highest BCUT2D eigenvalue weighted by Gasteiger charge is 2.17. The van der Waals surface area contributed by atoms with Gasteiger partial charge in [-0.3, -0.25) is 20.2 Å². The third-order valence-corrected chi connectivity index (χ3v) is 4.49. The van der Waals surface area contributed by atoms with Crippen LogP contribution in [0.15, 0.2) is 47.8 Å². The van der Waals surface area contributed by atoms with E-state index in [1.807, 2.05) is 0 Å². The number of non-ortho nitro benzene ring substituents is 1. The second-order valence-corrected chi connectivity index (χ2v) is 6.22. The summed E-state index contributed by atoms with van der Waals surface area (Å²) in [5.74, 6) is 0.826. The van der Waals surface area contributed by atoms with Gasteiger partial charge >= 0.3 is 0 Å². The highest BCUT2D eigenvalue weighted by Crippen LogP contribution is 2.33. The van der Waals surface area contributed by atoms with Crippen LogP contribution in [0.25, 0.3) is 11.3 Å². The molecule has 3 aromatic rings. The minimum Gasteiger partial charge on any atom is -0.454 e. The number of nitrogens with one attached hydrogen (secondary N) is 1. The van der Waals surface area contributed by atoms with Crippen molar-refractivity contribution in [2.24, 2.45) is 0 Å². The Morgan fingerprint density at radius 3 is 2.69 bits per heavy atom. The van der Waals surface area contributed by atoms with E-state index in [4.69, 9.17) is 9.47 Å². The Kier molecular flexibility index (Phi) is 3.98. The largest absolute Gasteiger partial charge is 0.454 e. The van der Waals surface area contributed by atoms with Crippen molar-refractivity contribution in [1.29, 1.82) is 0 Å². The Labute approximate surface area is 151 Å². The lowest BCUT2D eigenvalue weighted by atomic mass is 10.1. The second kappa shape index (κ2) is 6.45. The van der Waals surface area contributed by atoms with Crippen molar-refractivity contribution in [3.8, 4) is 22.8 Å². The molecule has 0 saturated heterocycles. The van der Waals surface area contributed by atoms with Crippen molar-refractivity contribution in [2.45, 2.75) is 0 Å². The fraction of sp³-hybridized carbons (Fsp3) is 0.0588. The van der Waals surface area contributed by atoms with Crippen LogP contribution in [0.3, 0.4) is 0 Å². The minimum atomic E-state index is -0.457. The maximum absolute atomic E-state index is 12.4. The van der Waals surface area contributed by atoms with Gasteiger partial charge < -0.3 is 9.47 Å². The first-order valence-corrected chi connectivity index (χ1v) is 8.39. The number of ether oxygens (including phenoxy) is 2. The Balaban J connectivity index is 1.49. The van der Waals surface area contributed by atoms with Crippen LogP contribution in [0, 0.1) is 10.1 Å². The SMILES string of the molecule is O=C(Nc1nc(-c2ccc([N+](=O)[O-])cc2)cs1)c1ccc2c(c1)OCO2. The molecule has 4 rings (SSSR count). The molecule has 26 heavy (non-hydrogen) atoms. The molecule has 0 unspecified atom stereocenters. The number of benzene rings is 2. The predicted octanol–water partition coefficient (Wildman–Crippen LogP) is 3.70. The van der Waals surface area contributed by atoms with E-state index in [0.717, 1.165) is 5.56 Å². The van der Waals surface area contributed by atoms with Crippen molar-refractivity contribution in [1.82, 2.24) is 4.98 Å². The van der Waals surface area contributed by atoms with Crippen molar-refractivity contribution in [3.63, 3.8) is 0 Å². The standard InChI is InChI=1S/C17H11N3O5S/c21-16(11-3-6-14-15(7-11)25-9-24-14)19-17-18-13(8-26-17)10-1-4-12(5-2-10)20(22)23/h1-8H,9H2,(H,18,19,21). The third-order valence-electron chi connectivity index (χ3n) is 3.73. The van der Waals surface area contributed by atoms with Crippen LogP contribution in [0.4, 0.5) is 10.8 Å². The molecule has 1 aliphatic rings. The summed E-state index contributed by atoms with van der Waals surface area (Å²) in [6.45, 7) is 0.144. The fourth-order valence-corrected chi connectivity index (χ4v) is 3.14. The minimum absolute atomic E-state index is 0.0142. The number of carbonyl (C=O) groups is 1. The predicted molar refractivity (Wildman–Crippen MR) is 94.7 cm³/mol. The van der Waals surface area contributed by atoms with Crippen LogP contribution in [0.2, 0.25) is 0 Å². The molecule has 1 aliphatic heterocycles. The molecule has 9 heteroatoms. The number of thiazole rings is 1. The van der Waals surface area contributed by atoms with Gasteiger partial charge in [0.1, 0.15) is 0 Å². The van der Waals surface area contributed by atoms with Gasteiger partial charge in [0.05, 0.1) is 10.6 Å². The summed E-state index contributed by atoms with van der Waals surface area (Å²) in [7, 11) is 0. The molecular formula is C17H11N3O5S. The van der Waals surface area contributed by atoms with Gasteiger partial charge in [0, 0.05) is 28.6 Å². The zero-order valence-electron chi connectivity index (χ0n) is 13.2. The molecule has 0 atom stereocenters. The summed E-state index contributed by atoms with van der Waals surface area (Å²) >= 11 is 1.27. The van der Waals surface area contributed by atoms with Crippen LogP contribution in [0.5, 0.6) is 11.5 Å². The summed E-state index contributed by atoms with van der Waals surface area (Å²) < 4.78 is 10.5. The van der Waals surface area contributed by atoms with Crippen molar-refractivity contribution >= 4 is 28.1 Å². The average Bonchev–Trinajstić information content (AvgIpc) is 3.30. The zero-order valence-corrected chi connectivity index (χ0v) is 14.0. The quantitative estimate of drug-likeness (QED) is 0.555. The summed E-state index contributed by atoms with van der Waals surface area (Å²) in [5.41, 5.74) is 1.81. The Hall–Kier alpha value is -3.46. The molecule has 1 aromatic heterocycles. The molecule has 130 valence electrons. The van der Waals surface area contributed by atoms with Crippen LogP contribution >= 0.6 is 11.3 Å². The molecule has 2 heterocycles. The molecule has 0 saturated carbocycles. The molecule has 0 radical (unpaired) electrons. The first kappa shape index (κ1) is 16.0. The van der Waals surface area contributed by atoms with E-state index < -0.39 is 4.92 Å². The maximum Gasteiger partial charge on any atom is 0.269 e. The zero-order chi connectivity index (χ0) is 18.1. The normalized spacial score (nSPS) is 12.0. The number of nitrogens with zero attached hydrogens (tertiary/aromatic N) is 2. The molecule has 2 aromatic carbocycles. The number of fused-ring (bicyclic) bond motifs is 1. The smallest absolute Gasteiger partial charge is 0.269 e. The number of amides is 1. The summed E-state index contributed by atoms with van der Waals surface area (Å²) in [6.07, 6.45) is 0. The monoisotopic (exact) mass is 369 g/mol. The number of aromatic nitrogens is 1. The molecule has 0 aliphatic carbocycles. The van der Waals surface area contributed by atoms with Crippen molar-refractivity contribution in [3.05, 3.63) is 63.5 Å². The molecule has 8 nitrogen and oxygen atoms in total. The molecule has 1 amide bonds. The van der Waals surface area contributed by atoms with Gasteiger partial charge in [-0.25, -0.2) is 4.98 Å². The van der Waals surface area contributed by atoms with Crippen LogP contribution in [-0.2, 0) is 0 Å². The van der Waals surface area contributed by atoms with Gasteiger partial charge in [-0.05, 0) is 30.3 Å². The maximum atomic E-state index is 12.4. The Morgan fingerprint density at radius 2 is 1.92 bits per heavy atom.